The van der Waals surface area contributed by atoms with E-state index >= 15 is 0 Å². The molecule has 3 aromatic rings. The Morgan fingerprint density at radius 1 is 1.22 bits per heavy atom. The maximum atomic E-state index is 12.3. The number of aryl methyl sites for hydroxylation is 3. The summed E-state index contributed by atoms with van der Waals surface area (Å²) in [5.41, 5.74) is 2.01. The summed E-state index contributed by atoms with van der Waals surface area (Å²) < 4.78 is 5.11. The Kier molecular flexibility index (Phi) is 5.36. The summed E-state index contributed by atoms with van der Waals surface area (Å²) in [7, 11) is 0. The highest BCUT2D eigenvalue weighted by Gasteiger charge is 2.20. The quantitative estimate of drug-likeness (QED) is 0.658. The number of carbonyl (C=O) groups excluding carboxylic acids is 2. The zero-order valence-electron chi connectivity index (χ0n) is 15.2. The number of ether oxygens (including phenoxy) is 1. The molecule has 0 fully saturated rings. The SMILES string of the molecule is CCc1ccc(NC(=O)COC(=O)c2sc3nc(C)[nH]c(=O)c3c2C)cc1. The van der Waals surface area contributed by atoms with Crippen LogP contribution in [-0.2, 0) is 16.0 Å². The molecule has 27 heavy (non-hydrogen) atoms. The highest BCUT2D eigenvalue weighted by atomic mass is 32.1. The highest BCUT2D eigenvalue weighted by Crippen LogP contribution is 2.27. The Labute approximate surface area is 159 Å². The molecule has 8 heteroatoms. The van der Waals surface area contributed by atoms with Gasteiger partial charge in [0.25, 0.3) is 11.5 Å². The molecule has 7 nitrogen and oxygen atoms in total. The number of fused-ring (bicyclic) bond motifs is 1. The molecule has 0 aliphatic heterocycles. The van der Waals surface area contributed by atoms with Crippen LogP contribution in [-0.4, -0.2) is 28.5 Å². The van der Waals surface area contributed by atoms with Crippen LogP contribution >= 0.6 is 11.3 Å². The van der Waals surface area contributed by atoms with E-state index in [1.54, 1.807) is 26.0 Å². The Balaban J connectivity index is 1.67. The molecule has 0 bridgehead atoms. The Hall–Kier alpha value is -3.00. The van der Waals surface area contributed by atoms with Crippen LogP contribution in [0.3, 0.4) is 0 Å². The van der Waals surface area contributed by atoms with E-state index in [1.165, 1.54) is 5.56 Å². The van der Waals surface area contributed by atoms with E-state index in [1.807, 2.05) is 19.1 Å². The van der Waals surface area contributed by atoms with E-state index in [-0.39, 0.29) is 10.4 Å². The largest absolute Gasteiger partial charge is 0.451 e. The van der Waals surface area contributed by atoms with E-state index in [0.717, 1.165) is 17.8 Å². The summed E-state index contributed by atoms with van der Waals surface area (Å²) in [6.45, 7) is 4.97. The van der Waals surface area contributed by atoms with Gasteiger partial charge in [0.2, 0.25) is 0 Å². The van der Waals surface area contributed by atoms with Crippen molar-refractivity contribution in [3.05, 3.63) is 56.4 Å². The molecule has 0 aliphatic carbocycles. The second-order valence-corrected chi connectivity index (χ2v) is 7.06. The number of amides is 1. The highest BCUT2D eigenvalue weighted by molar-refractivity contribution is 7.20. The van der Waals surface area contributed by atoms with Gasteiger partial charge >= 0.3 is 5.97 Å². The number of benzene rings is 1. The zero-order valence-corrected chi connectivity index (χ0v) is 16.0. The number of nitrogens with zero attached hydrogens (tertiary/aromatic N) is 1. The molecule has 0 aliphatic rings. The number of thiophene rings is 1. The molecule has 140 valence electrons. The minimum atomic E-state index is -0.649. The van der Waals surface area contributed by atoms with Gasteiger partial charge in [-0.1, -0.05) is 19.1 Å². The fourth-order valence-electron chi connectivity index (χ4n) is 2.66. The minimum Gasteiger partial charge on any atom is -0.451 e. The molecule has 1 aromatic carbocycles. The molecular formula is C19H19N3O4S. The second-order valence-electron chi connectivity index (χ2n) is 6.06. The molecule has 0 unspecified atom stereocenters. The maximum Gasteiger partial charge on any atom is 0.349 e. The van der Waals surface area contributed by atoms with Gasteiger partial charge in [0.05, 0.1) is 5.39 Å². The molecule has 0 saturated carbocycles. The van der Waals surface area contributed by atoms with Crippen molar-refractivity contribution in [2.45, 2.75) is 27.2 Å². The summed E-state index contributed by atoms with van der Waals surface area (Å²) in [5, 5.41) is 3.05. The van der Waals surface area contributed by atoms with Crippen LogP contribution in [0, 0.1) is 13.8 Å². The summed E-state index contributed by atoms with van der Waals surface area (Å²) in [6.07, 6.45) is 0.914. The topological polar surface area (TPSA) is 101 Å². The van der Waals surface area contributed by atoms with Gasteiger partial charge < -0.3 is 15.0 Å². The van der Waals surface area contributed by atoms with Crippen LogP contribution in [0.1, 0.15) is 33.5 Å². The van der Waals surface area contributed by atoms with Crippen molar-refractivity contribution in [2.24, 2.45) is 0 Å². The number of rotatable bonds is 5. The summed E-state index contributed by atoms with van der Waals surface area (Å²) in [6, 6.07) is 7.45. The average molecular weight is 385 g/mol. The van der Waals surface area contributed by atoms with E-state index in [2.05, 4.69) is 15.3 Å². The van der Waals surface area contributed by atoms with E-state index in [9.17, 15) is 14.4 Å². The number of nitrogens with one attached hydrogen (secondary N) is 2. The number of aromatic nitrogens is 2. The Morgan fingerprint density at radius 3 is 2.59 bits per heavy atom. The van der Waals surface area contributed by atoms with Crippen molar-refractivity contribution < 1.29 is 14.3 Å². The molecule has 3 rings (SSSR count). The lowest BCUT2D eigenvalue weighted by atomic mass is 10.1. The predicted molar refractivity (Wildman–Crippen MR) is 104 cm³/mol. The minimum absolute atomic E-state index is 0.272. The first-order valence-electron chi connectivity index (χ1n) is 8.45. The van der Waals surface area contributed by atoms with Crippen LogP contribution in [0.15, 0.2) is 29.1 Å². The van der Waals surface area contributed by atoms with Crippen LogP contribution in [0.4, 0.5) is 5.69 Å². The number of carbonyl (C=O) groups is 2. The zero-order chi connectivity index (χ0) is 19.6. The first kappa shape index (κ1) is 18.8. The fourth-order valence-corrected chi connectivity index (χ4v) is 3.78. The third kappa shape index (κ3) is 4.06. The lowest BCUT2D eigenvalue weighted by Crippen LogP contribution is -2.20. The second kappa shape index (κ2) is 7.71. The standard InChI is InChI=1S/C19H19N3O4S/c1-4-12-5-7-13(8-6-12)22-14(23)9-26-19(25)16-10(2)15-17(24)20-11(3)21-18(15)27-16/h5-8H,4,9H2,1-3H3,(H,22,23)(H,20,21,24). The molecule has 2 N–H and O–H groups in total. The van der Waals surface area contributed by atoms with Gasteiger partial charge in [-0.15, -0.1) is 11.3 Å². The molecule has 0 atom stereocenters. The van der Waals surface area contributed by atoms with Crippen molar-refractivity contribution in [3.63, 3.8) is 0 Å². The van der Waals surface area contributed by atoms with Crippen molar-refractivity contribution in [1.82, 2.24) is 9.97 Å². The third-order valence-electron chi connectivity index (χ3n) is 4.08. The summed E-state index contributed by atoms with van der Waals surface area (Å²) in [5.74, 6) is -0.607. The summed E-state index contributed by atoms with van der Waals surface area (Å²) in [4.78, 5) is 44.0. The van der Waals surface area contributed by atoms with E-state index < -0.39 is 18.5 Å². The molecule has 0 saturated heterocycles. The average Bonchev–Trinajstić information content (AvgIpc) is 2.97. The number of hydrogen-bond acceptors (Lipinski definition) is 6. The van der Waals surface area contributed by atoms with Crippen molar-refractivity contribution >= 4 is 39.1 Å². The van der Waals surface area contributed by atoms with E-state index in [4.69, 9.17) is 4.74 Å². The maximum absolute atomic E-state index is 12.3. The van der Waals surface area contributed by atoms with Crippen LogP contribution in [0.5, 0.6) is 0 Å². The smallest absolute Gasteiger partial charge is 0.349 e. The van der Waals surface area contributed by atoms with Gasteiger partial charge in [0, 0.05) is 5.69 Å². The predicted octanol–water partition coefficient (Wildman–Crippen LogP) is 2.96. The number of hydrogen-bond donors (Lipinski definition) is 2. The van der Waals surface area contributed by atoms with Gasteiger partial charge in [0.1, 0.15) is 15.5 Å². The number of aromatic amines is 1. The van der Waals surface area contributed by atoms with Gasteiger partial charge in [-0.3, -0.25) is 9.59 Å². The van der Waals surface area contributed by atoms with Gasteiger partial charge in [-0.2, -0.15) is 0 Å². The molecule has 1 amide bonds. The molecule has 0 spiro atoms. The first-order valence-corrected chi connectivity index (χ1v) is 9.26. The van der Waals surface area contributed by atoms with E-state index in [0.29, 0.717) is 27.3 Å². The number of anilines is 1. The Morgan fingerprint density at radius 2 is 1.93 bits per heavy atom. The normalized spacial score (nSPS) is 10.8. The lowest BCUT2D eigenvalue weighted by molar-refractivity contribution is -0.119. The monoisotopic (exact) mass is 385 g/mol. The van der Waals surface area contributed by atoms with Crippen molar-refractivity contribution in [1.29, 1.82) is 0 Å². The number of esters is 1. The Bertz CT molecular complexity index is 1070. The van der Waals surface area contributed by atoms with Crippen LogP contribution in [0.2, 0.25) is 0 Å². The van der Waals surface area contributed by atoms with Crippen molar-refractivity contribution in [2.75, 3.05) is 11.9 Å². The lowest BCUT2D eigenvalue weighted by Gasteiger charge is -2.07. The van der Waals surface area contributed by atoms with Crippen molar-refractivity contribution in [3.8, 4) is 0 Å². The van der Waals surface area contributed by atoms with Gasteiger partial charge in [-0.25, -0.2) is 9.78 Å². The van der Waals surface area contributed by atoms with Crippen LogP contribution < -0.4 is 10.9 Å². The van der Waals surface area contributed by atoms with Gasteiger partial charge in [0.15, 0.2) is 6.61 Å². The molecular weight excluding hydrogens is 366 g/mol. The molecule has 2 heterocycles. The fraction of sp³-hybridized carbons (Fsp3) is 0.263. The third-order valence-corrected chi connectivity index (χ3v) is 5.25. The van der Waals surface area contributed by atoms with Crippen LogP contribution in [0.25, 0.3) is 10.2 Å². The summed E-state index contributed by atoms with van der Waals surface area (Å²) >= 11 is 1.08. The molecule has 0 radical (unpaired) electrons. The number of H-pyrrole nitrogens is 1. The van der Waals surface area contributed by atoms with Gasteiger partial charge in [-0.05, 0) is 43.5 Å². The first-order chi connectivity index (χ1) is 12.9. The molecule has 2 aromatic heterocycles.